The second-order valence-corrected chi connectivity index (χ2v) is 5.44. The fraction of sp³-hybridized carbons (Fsp3) is 0. The average Bonchev–Trinajstić information content (AvgIpc) is 2.58. The minimum absolute atomic E-state index is 0.322. The van der Waals surface area contributed by atoms with E-state index >= 15 is 0 Å². The van der Waals surface area contributed by atoms with E-state index in [4.69, 9.17) is 0 Å². The van der Waals surface area contributed by atoms with Gasteiger partial charge in [-0.05, 0) is 44.8 Å². The van der Waals surface area contributed by atoms with Gasteiger partial charge >= 0.3 is 0 Å². The van der Waals surface area contributed by atoms with Gasteiger partial charge in [-0.1, -0.05) is 54.6 Å². The van der Waals surface area contributed by atoms with Crippen molar-refractivity contribution in [3.63, 3.8) is 0 Å². The summed E-state index contributed by atoms with van der Waals surface area (Å²) in [6.07, 6.45) is 0. The van der Waals surface area contributed by atoms with Crippen LogP contribution in [-0.4, -0.2) is 0 Å². The first-order chi connectivity index (χ1) is 11.1. The van der Waals surface area contributed by atoms with Gasteiger partial charge in [0.2, 0.25) is 0 Å². The summed E-state index contributed by atoms with van der Waals surface area (Å²) in [5, 5.41) is 4.02. The Bertz CT molecular complexity index is 1030. The van der Waals surface area contributed by atoms with Crippen molar-refractivity contribution in [2.45, 2.75) is 0 Å². The normalized spacial score (nSPS) is 11.3. The molecule has 4 aromatic carbocycles. The largest absolute Gasteiger partial charge is 0.204 e. The number of hydrogen-bond acceptors (Lipinski definition) is 0. The quantitative estimate of drug-likeness (QED) is 0.295. The summed E-state index contributed by atoms with van der Waals surface area (Å²) in [7, 11) is 0. The first-order valence-electron chi connectivity index (χ1n) is 7.20. The lowest BCUT2D eigenvalue weighted by Crippen LogP contribution is -1.92. The Morgan fingerprint density at radius 3 is 2.04 bits per heavy atom. The minimum Gasteiger partial charge on any atom is -0.204 e. The smallest absolute Gasteiger partial charge is 0.194 e. The van der Waals surface area contributed by atoms with Crippen LogP contribution in [0.1, 0.15) is 0 Å². The van der Waals surface area contributed by atoms with Crippen molar-refractivity contribution in [3.05, 3.63) is 84.2 Å². The highest BCUT2D eigenvalue weighted by Crippen LogP contribution is 2.34. The van der Waals surface area contributed by atoms with Crippen molar-refractivity contribution in [2.24, 2.45) is 0 Å². The number of benzene rings is 4. The molecular weight excluding hydrogens is 297 g/mol. The van der Waals surface area contributed by atoms with Gasteiger partial charge < -0.3 is 0 Å². The van der Waals surface area contributed by atoms with E-state index in [1.54, 1.807) is 6.07 Å². The standard InChI is InChI=1S/C20H11F3/c21-18-10-13(11-19(22)20(18)23)15-6-3-7-16-14-5-2-1-4-12(14)8-9-17(15)16/h1-11H. The first kappa shape index (κ1) is 13.8. The molecule has 0 aromatic heterocycles. The maximum absolute atomic E-state index is 13.6. The molecule has 0 bridgehead atoms. The molecule has 0 atom stereocenters. The summed E-state index contributed by atoms with van der Waals surface area (Å²) >= 11 is 0. The van der Waals surface area contributed by atoms with E-state index in [-0.39, 0.29) is 0 Å². The SMILES string of the molecule is Fc1cc(-c2cccc3c2ccc2ccccc23)cc(F)c1F. The number of halogens is 3. The molecule has 112 valence electrons. The monoisotopic (exact) mass is 308 g/mol. The van der Waals surface area contributed by atoms with E-state index in [0.717, 1.165) is 33.7 Å². The van der Waals surface area contributed by atoms with Crippen LogP contribution in [0.15, 0.2) is 66.7 Å². The third-order valence-electron chi connectivity index (χ3n) is 4.08. The number of fused-ring (bicyclic) bond motifs is 3. The molecule has 0 spiro atoms. The topological polar surface area (TPSA) is 0 Å². The Kier molecular flexibility index (Phi) is 3.08. The van der Waals surface area contributed by atoms with Gasteiger partial charge in [-0.2, -0.15) is 0 Å². The molecule has 0 unspecified atom stereocenters. The maximum Gasteiger partial charge on any atom is 0.194 e. The van der Waals surface area contributed by atoms with Gasteiger partial charge in [-0.15, -0.1) is 0 Å². The third-order valence-corrected chi connectivity index (χ3v) is 4.08. The zero-order chi connectivity index (χ0) is 16.0. The predicted octanol–water partition coefficient (Wildman–Crippen LogP) is 6.08. The maximum atomic E-state index is 13.6. The summed E-state index contributed by atoms with van der Waals surface area (Å²) in [5.41, 5.74) is 0.994. The van der Waals surface area contributed by atoms with Crippen molar-refractivity contribution in [3.8, 4) is 11.1 Å². The van der Waals surface area contributed by atoms with E-state index in [9.17, 15) is 13.2 Å². The summed E-state index contributed by atoms with van der Waals surface area (Å²) < 4.78 is 40.3. The van der Waals surface area contributed by atoms with Crippen LogP contribution in [0.2, 0.25) is 0 Å². The molecule has 0 nitrogen and oxygen atoms in total. The van der Waals surface area contributed by atoms with Crippen molar-refractivity contribution in [1.29, 1.82) is 0 Å². The summed E-state index contributed by atoms with van der Waals surface area (Å²) in [4.78, 5) is 0. The lowest BCUT2D eigenvalue weighted by atomic mass is 9.94. The van der Waals surface area contributed by atoms with Gasteiger partial charge in [0.15, 0.2) is 17.5 Å². The molecule has 23 heavy (non-hydrogen) atoms. The first-order valence-corrected chi connectivity index (χ1v) is 7.20. The molecule has 0 fully saturated rings. The summed E-state index contributed by atoms with van der Waals surface area (Å²) in [5.74, 6) is -3.81. The molecule has 4 aromatic rings. The van der Waals surface area contributed by atoms with Gasteiger partial charge in [-0.3, -0.25) is 0 Å². The van der Waals surface area contributed by atoms with Crippen LogP contribution >= 0.6 is 0 Å². The molecule has 0 N–H and O–H groups in total. The number of hydrogen-bond donors (Lipinski definition) is 0. The second kappa shape index (κ2) is 5.13. The van der Waals surface area contributed by atoms with Crippen molar-refractivity contribution in [1.82, 2.24) is 0 Å². The zero-order valence-electron chi connectivity index (χ0n) is 12.0. The highest BCUT2D eigenvalue weighted by Gasteiger charge is 2.13. The van der Waals surface area contributed by atoms with Crippen LogP contribution in [0.5, 0.6) is 0 Å². The van der Waals surface area contributed by atoms with Crippen molar-refractivity contribution >= 4 is 21.5 Å². The molecule has 3 heteroatoms. The molecule has 0 aliphatic heterocycles. The molecule has 0 heterocycles. The Balaban J connectivity index is 2.07. The van der Waals surface area contributed by atoms with Crippen LogP contribution in [0, 0.1) is 17.5 Å². The Morgan fingerprint density at radius 2 is 1.26 bits per heavy atom. The zero-order valence-corrected chi connectivity index (χ0v) is 12.0. The van der Waals surface area contributed by atoms with Gasteiger partial charge in [0, 0.05) is 0 Å². The van der Waals surface area contributed by atoms with E-state index in [0.29, 0.717) is 11.1 Å². The van der Waals surface area contributed by atoms with E-state index < -0.39 is 17.5 Å². The van der Waals surface area contributed by atoms with Gasteiger partial charge in [0.05, 0.1) is 0 Å². The van der Waals surface area contributed by atoms with E-state index in [1.807, 2.05) is 48.5 Å². The molecule has 0 saturated heterocycles. The minimum atomic E-state index is -1.44. The van der Waals surface area contributed by atoms with Crippen LogP contribution in [-0.2, 0) is 0 Å². The van der Waals surface area contributed by atoms with Crippen molar-refractivity contribution < 1.29 is 13.2 Å². The van der Waals surface area contributed by atoms with Crippen LogP contribution in [0.4, 0.5) is 13.2 Å². The van der Waals surface area contributed by atoms with E-state index in [2.05, 4.69) is 0 Å². The predicted molar refractivity (Wildman–Crippen MR) is 86.8 cm³/mol. The lowest BCUT2D eigenvalue weighted by Gasteiger charge is -2.10. The van der Waals surface area contributed by atoms with Crippen LogP contribution < -0.4 is 0 Å². The summed E-state index contributed by atoms with van der Waals surface area (Å²) in [6, 6.07) is 19.5. The van der Waals surface area contributed by atoms with E-state index in [1.165, 1.54) is 0 Å². The van der Waals surface area contributed by atoms with Gasteiger partial charge in [-0.25, -0.2) is 13.2 Å². The highest BCUT2D eigenvalue weighted by molar-refractivity contribution is 6.11. The van der Waals surface area contributed by atoms with Gasteiger partial charge in [0.25, 0.3) is 0 Å². The fourth-order valence-electron chi connectivity index (χ4n) is 3.00. The molecular formula is C20H11F3. The van der Waals surface area contributed by atoms with Crippen LogP contribution in [0.3, 0.4) is 0 Å². The molecule has 0 saturated carbocycles. The molecule has 4 rings (SSSR count). The molecule has 0 aliphatic carbocycles. The third kappa shape index (κ3) is 2.16. The molecule has 0 radical (unpaired) electrons. The second-order valence-electron chi connectivity index (χ2n) is 5.44. The molecule has 0 amide bonds. The Labute approximate surface area is 130 Å². The van der Waals surface area contributed by atoms with Crippen molar-refractivity contribution in [2.75, 3.05) is 0 Å². The number of rotatable bonds is 1. The van der Waals surface area contributed by atoms with Gasteiger partial charge in [0.1, 0.15) is 0 Å². The highest BCUT2D eigenvalue weighted by atomic mass is 19.2. The summed E-state index contributed by atoms with van der Waals surface area (Å²) in [6.45, 7) is 0. The Hall–Kier alpha value is -2.81. The molecule has 0 aliphatic rings. The lowest BCUT2D eigenvalue weighted by molar-refractivity contribution is 0.448. The fourth-order valence-corrected chi connectivity index (χ4v) is 3.00. The Morgan fingerprint density at radius 1 is 0.565 bits per heavy atom. The van der Waals surface area contributed by atoms with Crippen LogP contribution in [0.25, 0.3) is 32.7 Å². The average molecular weight is 308 g/mol.